The van der Waals surface area contributed by atoms with Crippen LogP contribution in [0.3, 0.4) is 0 Å². The molecule has 0 heterocycles. The molecule has 0 amide bonds. The van der Waals surface area contributed by atoms with Crippen molar-refractivity contribution < 1.29 is 14.1 Å². The van der Waals surface area contributed by atoms with Crippen LogP contribution in [0.5, 0.6) is 0 Å². The Kier molecular flexibility index (Phi) is 5.53. The number of hydrogen-bond donors (Lipinski definition) is 1. The van der Waals surface area contributed by atoms with Crippen molar-refractivity contribution in [2.24, 2.45) is 0 Å². The standard InChI is InChI=1S/C17H25NO3S/c1-5-21-16(19)13-9-10-14-12(11-13)7-6-8-15(14)18-22(20)17(2,3)4/h9-11,15,18H,5-8H2,1-4H3/t15-,22?/m1/s1. The van der Waals surface area contributed by atoms with E-state index in [1.165, 1.54) is 0 Å². The van der Waals surface area contributed by atoms with Gasteiger partial charge in [0.05, 0.1) is 18.2 Å². The third-order valence-electron chi connectivity index (χ3n) is 3.77. The zero-order valence-electron chi connectivity index (χ0n) is 13.8. The third kappa shape index (κ3) is 4.03. The molecule has 0 saturated carbocycles. The van der Waals surface area contributed by atoms with Crippen molar-refractivity contribution in [3.8, 4) is 0 Å². The second-order valence-electron chi connectivity index (χ2n) is 6.58. The Hall–Kier alpha value is -1.04. The second-order valence-corrected chi connectivity index (χ2v) is 8.58. The zero-order chi connectivity index (χ0) is 16.3. The van der Waals surface area contributed by atoms with Crippen molar-refractivity contribution in [3.63, 3.8) is 0 Å². The molecule has 4 nitrogen and oxygen atoms in total. The lowest BCUT2D eigenvalue weighted by Crippen LogP contribution is -2.42. The predicted octanol–water partition coefficient (Wildman–Crippen LogP) is 3.29. The molecule has 5 heteroatoms. The van der Waals surface area contributed by atoms with Gasteiger partial charge in [0.2, 0.25) is 0 Å². The summed E-state index contributed by atoms with van der Waals surface area (Å²) in [5.74, 6) is -0.279. The molecule has 0 spiro atoms. The van der Waals surface area contributed by atoms with Crippen LogP contribution in [0.15, 0.2) is 18.2 Å². The molecule has 1 unspecified atom stereocenters. The van der Waals surface area contributed by atoms with Gasteiger partial charge in [0, 0.05) is 11.4 Å². The summed E-state index contributed by atoms with van der Waals surface area (Å²) in [5, 5.41) is 0. The SMILES string of the molecule is CCOC(=O)c1ccc2c(c1)CCC[C@H]2N[S+]([O-])C(C)(C)C. The number of esters is 1. The molecular formula is C17H25NO3S. The number of carbonyl (C=O) groups excluding carboxylic acids is 1. The molecule has 122 valence electrons. The van der Waals surface area contributed by atoms with Crippen LogP contribution in [0.1, 0.15) is 68.1 Å². The Morgan fingerprint density at radius 1 is 1.45 bits per heavy atom. The lowest BCUT2D eigenvalue weighted by Gasteiger charge is -2.31. The van der Waals surface area contributed by atoms with Gasteiger partial charge in [-0.25, -0.2) is 4.79 Å². The molecule has 0 fully saturated rings. The molecule has 0 aromatic heterocycles. The maximum Gasteiger partial charge on any atom is 0.338 e. The molecule has 0 saturated heterocycles. The molecule has 0 bridgehead atoms. The fourth-order valence-corrected chi connectivity index (χ4v) is 3.44. The number of benzene rings is 1. The van der Waals surface area contributed by atoms with Crippen molar-refractivity contribution in [1.29, 1.82) is 0 Å². The number of carbonyl (C=O) groups is 1. The Balaban J connectivity index is 2.19. The van der Waals surface area contributed by atoms with E-state index in [1.54, 1.807) is 13.0 Å². The molecule has 2 rings (SSSR count). The van der Waals surface area contributed by atoms with Gasteiger partial charge in [0.25, 0.3) is 0 Å². The van der Waals surface area contributed by atoms with Crippen molar-refractivity contribution in [3.05, 3.63) is 34.9 Å². The Bertz CT molecular complexity index is 539. The molecule has 1 aliphatic rings. The van der Waals surface area contributed by atoms with Crippen LogP contribution >= 0.6 is 0 Å². The Morgan fingerprint density at radius 2 is 2.18 bits per heavy atom. The van der Waals surface area contributed by atoms with Gasteiger partial charge in [-0.15, -0.1) is 4.72 Å². The number of hydrogen-bond acceptors (Lipinski definition) is 4. The molecule has 1 aromatic carbocycles. The highest BCUT2D eigenvalue weighted by molar-refractivity contribution is 7.90. The van der Waals surface area contributed by atoms with Crippen LogP contribution in [0.4, 0.5) is 0 Å². The van der Waals surface area contributed by atoms with Crippen LogP contribution in [0.2, 0.25) is 0 Å². The lowest BCUT2D eigenvalue weighted by atomic mass is 9.87. The van der Waals surface area contributed by atoms with Gasteiger partial charge in [-0.2, -0.15) is 0 Å². The minimum absolute atomic E-state index is 0.0834. The molecule has 22 heavy (non-hydrogen) atoms. The number of fused-ring (bicyclic) bond motifs is 1. The smallest absolute Gasteiger partial charge is 0.338 e. The average molecular weight is 323 g/mol. The first-order valence-electron chi connectivity index (χ1n) is 7.81. The molecule has 1 N–H and O–H groups in total. The van der Waals surface area contributed by atoms with Gasteiger partial charge >= 0.3 is 5.97 Å². The van der Waals surface area contributed by atoms with Crippen LogP contribution in [0, 0.1) is 0 Å². The minimum atomic E-state index is -1.10. The monoisotopic (exact) mass is 323 g/mol. The molecule has 2 atom stereocenters. The predicted molar refractivity (Wildman–Crippen MR) is 89.1 cm³/mol. The molecule has 0 aliphatic heterocycles. The van der Waals surface area contributed by atoms with Crippen molar-refractivity contribution in [1.82, 2.24) is 4.72 Å². The quantitative estimate of drug-likeness (QED) is 0.682. The first kappa shape index (κ1) is 17.3. The van der Waals surface area contributed by atoms with Gasteiger partial charge in [-0.1, -0.05) is 6.07 Å². The van der Waals surface area contributed by atoms with Gasteiger partial charge < -0.3 is 9.29 Å². The summed E-state index contributed by atoms with van der Waals surface area (Å²) in [6.07, 6.45) is 2.94. The second kappa shape index (κ2) is 7.02. The van der Waals surface area contributed by atoms with Gasteiger partial charge in [-0.3, -0.25) is 0 Å². The van der Waals surface area contributed by atoms with Crippen LogP contribution in [0.25, 0.3) is 0 Å². The summed E-state index contributed by atoms with van der Waals surface area (Å²) < 4.78 is 20.3. The van der Waals surface area contributed by atoms with E-state index in [9.17, 15) is 9.35 Å². The van der Waals surface area contributed by atoms with E-state index in [2.05, 4.69) is 4.72 Å². The van der Waals surface area contributed by atoms with Gasteiger partial charge in [0.1, 0.15) is 4.75 Å². The third-order valence-corrected chi connectivity index (χ3v) is 5.38. The zero-order valence-corrected chi connectivity index (χ0v) is 14.6. The molecule has 1 aliphatic carbocycles. The van der Waals surface area contributed by atoms with E-state index in [0.717, 1.165) is 30.4 Å². The van der Waals surface area contributed by atoms with E-state index in [4.69, 9.17) is 4.74 Å². The van der Waals surface area contributed by atoms with E-state index >= 15 is 0 Å². The number of aryl methyl sites for hydroxylation is 1. The largest absolute Gasteiger partial charge is 0.598 e. The minimum Gasteiger partial charge on any atom is -0.598 e. The first-order chi connectivity index (χ1) is 10.3. The average Bonchev–Trinajstić information content (AvgIpc) is 2.46. The summed E-state index contributed by atoms with van der Waals surface area (Å²) in [6.45, 7) is 8.07. The van der Waals surface area contributed by atoms with Crippen LogP contribution < -0.4 is 4.72 Å². The maximum atomic E-state index is 12.3. The maximum absolute atomic E-state index is 12.3. The van der Waals surface area contributed by atoms with Gasteiger partial charge in [0.15, 0.2) is 0 Å². The highest BCUT2D eigenvalue weighted by Crippen LogP contribution is 2.32. The summed E-state index contributed by atoms with van der Waals surface area (Å²) in [4.78, 5) is 11.8. The Labute approximate surface area is 135 Å². The number of ether oxygens (including phenoxy) is 1. The van der Waals surface area contributed by atoms with Gasteiger partial charge in [-0.05, 0) is 70.2 Å². The highest BCUT2D eigenvalue weighted by Gasteiger charge is 2.31. The van der Waals surface area contributed by atoms with Crippen molar-refractivity contribution >= 4 is 17.3 Å². The van der Waals surface area contributed by atoms with E-state index in [1.807, 2.05) is 32.9 Å². The van der Waals surface area contributed by atoms with Crippen LogP contribution in [-0.4, -0.2) is 21.9 Å². The topological polar surface area (TPSA) is 61.4 Å². The molecule has 0 radical (unpaired) electrons. The highest BCUT2D eigenvalue weighted by atomic mass is 32.2. The van der Waals surface area contributed by atoms with E-state index in [0.29, 0.717) is 12.2 Å². The molecular weight excluding hydrogens is 298 g/mol. The fraction of sp³-hybridized carbons (Fsp3) is 0.588. The Morgan fingerprint density at radius 3 is 2.82 bits per heavy atom. The first-order valence-corrected chi connectivity index (χ1v) is 8.96. The number of rotatable bonds is 4. The molecule has 1 aromatic rings. The van der Waals surface area contributed by atoms with Crippen molar-refractivity contribution in [2.75, 3.05) is 6.61 Å². The summed E-state index contributed by atoms with van der Waals surface area (Å²) in [5.41, 5.74) is 2.90. The number of nitrogens with one attached hydrogen (secondary N) is 1. The summed E-state index contributed by atoms with van der Waals surface area (Å²) >= 11 is -1.10. The van der Waals surface area contributed by atoms with E-state index < -0.39 is 11.4 Å². The summed E-state index contributed by atoms with van der Waals surface area (Å²) in [6, 6.07) is 5.77. The summed E-state index contributed by atoms with van der Waals surface area (Å²) in [7, 11) is 0. The lowest BCUT2D eigenvalue weighted by molar-refractivity contribution is 0.0526. The van der Waals surface area contributed by atoms with Crippen molar-refractivity contribution in [2.45, 2.75) is 57.7 Å². The van der Waals surface area contributed by atoms with E-state index in [-0.39, 0.29) is 16.8 Å². The fourth-order valence-electron chi connectivity index (χ4n) is 2.58. The van der Waals surface area contributed by atoms with Crippen LogP contribution in [-0.2, 0) is 22.5 Å². The normalized spacial score (nSPS) is 19.4.